The molecule has 94 valence electrons. The van der Waals surface area contributed by atoms with E-state index in [0.29, 0.717) is 5.75 Å². The fraction of sp³-hybridized carbons (Fsp3) is 0.250. The molecule has 1 aromatic carbocycles. The van der Waals surface area contributed by atoms with Gasteiger partial charge < -0.3 is 4.74 Å². The predicted molar refractivity (Wildman–Crippen MR) is 65.8 cm³/mol. The van der Waals surface area contributed by atoms with Gasteiger partial charge in [0.05, 0.1) is 0 Å². The molecule has 0 atom stereocenters. The molecule has 0 bridgehead atoms. The van der Waals surface area contributed by atoms with E-state index >= 15 is 0 Å². The average molecular weight is 246 g/mol. The van der Waals surface area contributed by atoms with Crippen molar-refractivity contribution in [1.82, 2.24) is 14.9 Å². The Kier molecular flexibility index (Phi) is 3.57. The summed E-state index contributed by atoms with van der Waals surface area (Å²) in [5.41, 5.74) is 4.75. The molecule has 0 aliphatic heterocycles. The maximum atomic E-state index is 11.5. The highest BCUT2D eigenvalue weighted by Crippen LogP contribution is 2.15. The van der Waals surface area contributed by atoms with Crippen LogP contribution in [0.2, 0.25) is 0 Å². The van der Waals surface area contributed by atoms with Crippen molar-refractivity contribution in [2.24, 2.45) is 0 Å². The number of carbonyl (C=O) groups excluding carboxylic acids is 1. The standard InChI is InChI=1S/C12H14N4O2/c1-9-3-10(2)5-11(4-9)18-6-12(17)15-16-7-13-14-8-16/h3-5,7-8H,6H2,1-2H3,(H,15,17). The van der Waals surface area contributed by atoms with E-state index in [4.69, 9.17) is 4.74 Å². The van der Waals surface area contributed by atoms with Crippen LogP contribution in [0.15, 0.2) is 30.9 Å². The zero-order chi connectivity index (χ0) is 13.0. The number of hydrogen-bond acceptors (Lipinski definition) is 4. The molecule has 2 aromatic rings. The van der Waals surface area contributed by atoms with Crippen LogP contribution >= 0.6 is 0 Å². The van der Waals surface area contributed by atoms with Gasteiger partial charge in [0.1, 0.15) is 18.4 Å². The Morgan fingerprint density at radius 3 is 2.44 bits per heavy atom. The molecule has 1 heterocycles. The van der Waals surface area contributed by atoms with Crippen molar-refractivity contribution in [3.63, 3.8) is 0 Å². The lowest BCUT2D eigenvalue weighted by molar-refractivity contribution is -0.119. The molecule has 0 fully saturated rings. The zero-order valence-electron chi connectivity index (χ0n) is 10.3. The summed E-state index contributed by atoms with van der Waals surface area (Å²) in [4.78, 5) is 11.5. The van der Waals surface area contributed by atoms with Crippen molar-refractivity contribution in [1.29, 1.82) is 0 Å². The Bertz CT molecular complexity index is 517. The number of carbonyl (C=O) groups is 1. The first-order chi connectivity index (χ1) is 8.63. The van der Waals surface area contributed by atoms with Crippen molar-refractivity contribution >= 4 is 5.91 Å². The smallest absolute Gasteiger partial charge is 0.276 e. The summed E-state index contributed by atoms with van der Waals surface area (Å²) in [7, 11) is 0. The Hall–Kier alpha value is -2.37. The minimum atomic E-state index is -0.269. The van der Waals surface area contributed by atoms with E-state index in [0.717, 1.165) is 11.1 Å². The molecule has 0 unspecified atom stereocenters. The predicted octanol–water partition coefficient (Wildman–Crippen LogP) is 1.04. The first-order valence-electron chi connectivity index (χ1n) is 5.49. The van der Waals surface area contributed by atoms with Gasteiger partial charge in [-0.15, -0.1) is 10.2 Å². The van der Waals surface area contributed by atoms with Crippen LogP contribution in [0.25, 0.3) is 0 Å². The Balaban J connectivity index is 1.89. The van der Waals surface area contributed by atoms with Gasteiger partial charge in [-0.2, -0.15) is 0 Å². The van der Waals surface area contributed by atoms with Crippen LogP contribution in [0.3, 0.4) is 0 Å². The van der Waals surface area contributed by atoms with E-state index in [1.807, 2.05) is 32.0 Å². The number of rotatable bonds is 4. The largest absolute Gasteiger partial charge is 0.484 e. The Labute approximate surface area is 105 Å². The number of nitrogens with zero attached hydrogens (tertiary/aromatic N) is 3. The molecule has 1 N–H and O–H groups in total. The summed E-state index contributed by atoms with van der Waals surface area (Å²) in [6.07, 6.45) is 2.80. The molecular weight excluding hydrogens is 232 g/mol. The van der Waals surface area contributed by atoms with Crippen LogP contribution in [0.1, 0.15) is 11.1 Å². The second kappa shape index (κ2) is 5.31. The van der Waals surface area contributed by atoms with Gasteiger partial charge in [0, 0.05) is 0 Å². The lowest BCUT2D eigenvalue weighted by atomic mass is 10.1. The van der Waals surface area contributed by atoms with Crippen molar-refractivity contribution in [3.05, 3.63) is 42.0 Å². The topological polar surface area (TPSA) is 69.0 Å². The van der Waals surface area contributed by atoms with Crippen molar-refractivity contribution in [3.8, 4) is 5.75 Å². The third-order valence-electron chi connectivity index (χ3n) is 2.24. The van der Waals surface area contributed by atoms with E-state index in [9.17, 15) is 4.79 Å². The molecule has 1 aromatic heterocycles. The summed E-state index contributed by atoms with van der Waals surface area (Å²) in [5.74, 6) is 0.417. The lowest BCUT2D eigenvalue weighted by Gasteiger charge is -2.08. The summed E-state index contributed by atoms with van der Waals surface area (Å²) in [6, 6.07) is 5.82. The highest BCUT2D eigenvalue weighted by molar-refractivity contribution is 5.84. The number of amides is 1. The van der Waals surface area contributed by atoms with E-state index in [1.165, 1.54) is 17.3 Å². The highest BCUT2D eigenvalue weighted by atomic mass is 16.5. The molecule has 0 spiro atoms. The Morgan fingerprint density at radius 1 is 1.22 bits per heavy atom. The minimum Gasteiger partial charge on any atom is -0.484 e. The summed E-state index contributed by atoms with van der Waals surface area (Å²) in [6.45, 7) is 3.91. The maximum absolute atomic E-state index is 11.5. The molecule has 0 saturated heterocycles. The number of hydrogen-bond donors (Lipinski definition) is 1. The van der Waals surface area contributed by atoms with Gasteiger partial charge in [0.2, 0.25) is 0 Å². The minimum absolute atomic E-state index is 0.0545. The van der Waals surface area contributed by atoms with Crippen molar-refractivity contribution in [2.75, 3.05) is 12.0 Å². The molecule has 0 aliphatic carbocycles. The number of aryl methyl sites for hydroxylation is 2. The lowest BCUT2D eigenvalue weighted by Crippen LogP contribution is -2.27. The first-order valence-corrected chi connectivity index (χ1v) is 5.49. The fourth-order valence-electron chi connectivity index (χ4n) is 1.60. The molecule has 0 saturated carbocycles. The van der Waals surface area contributed by atoms with Crippen molar-refractivity contribution < 1.29 is 9.53 Å². The molecule has 18 heavy (non-hydrogen) atoms. The molecule has 0 radical (unpaired) electrons. The van der Waals surface area contributed by atoms with Gasteiger partial charge in [0.25, 0.3) is 5.91 Å². The van der Waals surface area contributed by atoms with Crippen LogP contribution in [0.5, 0.6) is 5.75 Å². The summed E-state index contributed by atoms with van der Waals surface area (Å²) >= 11 is 0. The van der Waals surface area contributed by atoms with Crippen LogP contribution in [-0.2, 0) is 4.79 Å². The van der Waals surface area contributed by atoms with E-state index in [1.54, 1.807) is 0 Å². The van der Waals surface area contributed by atoms with Gasteiger partial charge in [-0.3, -0.25) is 10.2 Å². The second-order valence-corrected chi connectivity index (χ2v) is 4.02. The van der Waals surface area contributed by atoms with E-state index in [-0.39, 0.29) is 12.5 Å². The summed E-state index contributed by atoms with van der Waals surface area (Å²) < 4.78 is 6.78. The van der Waals surface area contributed by atoms with Gasteiger partial charge in [-0.05, 0) is 37.1 Å². The normalized spacial score (nSPS) is 10.1. The first kappa shape index (κ1) is 12.1. The van der Waals surface area contributed by atoms with Crippen LogP contribution in [0, 0.1) is 13.8 Å². The second-order valence-electron chi connectivity index (χ2n) is 4.02. The van der Waals surface area contributed by atoms with Crippen LogP contribution < -0.4 is 10.2 Å². The van der Waals surface area contributed by atoms with Gasteiger partial charge in [-0.1, -0.05) is 6.07 Å². The van der Waals surface area contributed by atoms with Gasteiger partial charge in [-0.25, -0.2) is 4.68 Å². The number of nitrogens with one attached hydrogen (secondary N) is 1. The van der Waals surface area contributed by atoms with Gasteiger partial charge in [0.15, 0.2) is 6.61 Å². The molecule has 6 nitrogen and oxygen atoms in total. The number of aromatic nitrogens is 3. The number of ether oxygens (including phenoxy) is 1. The molecule has 0 aliphatic rings. The van der Waals surface area contributed by atoms with Gasteiger partial charge >= 0.3 is 0 Å². The van der Waals surface area contributed by atoms with Crippen molar-refractivity contribution in [2.45, 2.75) is 13.8 Å². The summed E-state index contributed by atoms with van der Waals surface area (Å²) in [5, 5.41) is 7.15. The SMILES string of the molecule is Cc1cc(C)cc(OCC(=O)Nn2cnnc2)c1. The van der Waals surface area contributed by atoms with Crippen LogP contribution in [0.4, 0.5) is 0 Å². The monoisotopic (exact) mass is 246 g/mol. The number of benzene rings is 1. The zero-order valence-corrected chi connectivity index (χ0v) is 10.3. The third kappa shape index (κ3) is 3.31. The molecule has 2 rings (SSSR count). The molecule has 6 heteroatoms. The van der Waals surface area contributed by atoms with E-state index < -0.39 is 0 Å². The average Bonchev–Trinajstić information content (AvgIpc) is 2.78. The van der Waals surface area contributed by atoms with E-state index in [2.05, 4.69) is 15.6 Å². The highest BCUT2D eigenvalue weighted by Gasteiger charge is 2.04. The quantitative estimate of drug-likeness (QED) is 0.875. The van der Waals surface area contributed by atoms with Crippen LogP contribution in [-0.4, -0.2) is 27.4 Å². The molecular formula is C12H14N4O2. The Morgan fingerprint density at radius 2 is 1.83 bits per heavy atom. The fourth-order valence-corrected chi connectivity index (χ4v) is 1.60. The maximum Gasteiger partial charge on any atom is 0.276 e. The molecule has 1 amide bonds. The third-order valence-corrected chi connectivity index (χ3v) is 2.24.